The second-order valence-electron chi connectivity index (χ2n) is 5.22. The van der Waals surface area contributed by atoms with Crippen LogP contribution in [0.3, 0.4) is 0 Å². The van der Waals surface area contributed by atoms with Crippen LogP contribution >= 0.6 is 0 Å². The van der Waals surface area contributed by atoms with E-state index in [1.165, 1.54) is 12.1 Å². The van der Waals surface area contributed by atoms with Crippen molar-refractivity contribution in [2.24, 2.45) is 11.8 Å². The zero-order chi connectivity index (χ0) is 15.5. The van der Waals surface area contributed by atoms with Crippen molar-refractivity contribution in [1.82, 2.24) is 5.43 Å². The molecule has 1 aromatic rings. The molecule has 21 heavy (non-hydrogen) atoms. The second-order valence-corrected chi connectivity index (χ2v) is 5.22. The molecule has 0 spiro atoms. The van der Waals surface area contributed by atoms with Crippen LogP contribution < -0.4 is 11.3 Å². The lowest BCUT2D eigenvalue weighted by Crippen LogP contribution is -2.32. The van der Waals surface area contributed by atoms with Gasteiger partial charge in [0, 0.05) is 24.8 Å². The summed E-state index contributed by atoms with van der Waals surface area (Å²) in [5.74, 6) is 4.43. The molecule has 1 aromatic carbocycles. The van der Waals surface area contributed by atoms with Gasteiger partial charge in [-0.1, -0.05) is 12.1 Å². The largest absolute Gasteiger partial charge is 0.419 e. The van der Waals surface area contributed by atoms with Crippen LogP contribution in [0.5, 0.6) is 0 Å². The van der Waals surface area contributed by atoms with Crippen LogP contribution in [-0.4, -0.2) is 13.2 Å². The fourth-order valence-corrected chi connectivity index (χ4v) is 2.64. The predicted molar refractivity (Wildman–Crippen MR) is 69.6 cm³/mol. The van der Waals surface area contributed by atoms with Crippen molar-refractivity contribution >= 4 is 0 Å². The molecule has 3 N–H and O–H groups in total. The van der Waals surface area contributed by atoms with Gasteiger partial charge in [0.25, 0.3) is 0 Å². The molecule has 0 aromatic heterocycles. The number of alkyl halides is 3. The van der Waals surface area contributed by atoms with E-state index in [0.29, 0.717) is 19.6 Å². The van der Waals surface area contributed by atoms with Crippen molar-refractivity contribution in [2.45, 2.75) is 31.5 Å². The van der Waals surface area contributed by atoms with Gasteiger partial charge in [0.1, 0.15) is 5.82 Å². The summed E-state index contributed by atoms with van der Waals surface area (Å²) in [5.41, 5.74) is 1.14. The van der Waals surface area contributed by atoms with Crippen molar-refractivity contribution in [1.29, 1.82) is 0 Å². The minimum Gasteiger partial charge on any atom is -0.381 e. The third-order valence-electron chi connectivity index (χ3n) is 3.82. The Bertz CT molecular complexity index is 473. The Morgan fingerprint density at radius 2 is 1.95 bits per heavy atom. The Hall–Kier alpha value is -1.18. The molecule has 0 amide bonds. The first kappa shape index (κ1) is 16.2. The first-order valence-corrected chi connectivity index (χ1v) is 6.83. The first-order valence-electron chi connectivity index (χ1n) is 6.83. The van der Waals surface area contributed by atoms with Crippen LogP contribution in [0.25, 0.3) is 0 Å². The van der Waals surface area contributed by atoms with Crippen molar-refractivity contribution in [3.05, 3.63) is 35.1 Å². The highest BCUT2D eigenvalue weighted by atomic mass is 19.4. The smallest absolute Gasteiger partial charge is 0.381 e. The molecule has 1 fully saturated rings. The van der Waals surface area contributed by atoms with Gasteiger partial charge in [-0.05, 0) is 31.2 Å². The Morgan fingerprint density at radius 3 is 2.52 bits per heavy atom. The summed E-state index contributed by atoms with van der Waals surface area (Å²) in [5, 5.41) is 0. The second kappa shape index (κ2) is 6.72. The van der Waals surface area contributed by atoms with E-state index in [1.54, 1.807) is 0 Å². The monoisotopic (exact) mass is 306 g/mol. The quantitative estimate of drug-likeness (QED) is 0.510. The fraction of sp³-hybridized carbons (Fsp3) is 0.571. The average Bonchev–Trinajstić information content (AvgIpc) is 2.45. The summed E-state index contributed by atoms with van der Waals surface area (Å²) < 4.78 is 57.6. The number of nitrogens with one attached hydrogen (secondary N) is 1. The van der Waals surface area contributed by atoms with E-state index in [0.717, 1.165) is 18.9 Å². The highest BCUT2D eigenvalue weighted by Gasteiger charge is 2.36. The van der Waals surface area contributed by atoms with Gasteiger partial charge in [-0.2, -0.15) is 13.2 Å². The number of benzene rings is 1. The topological polar surface area (TPSA) is 47.3 Å². The van der Waals surface area contributed by atoms with Gasteiger partial charge in [0.05, 0.1) is 5.56 Å². The van der Waals surface area contributed by atoms with Gasteiger partial charge in [-0.15, -0.1) is 0 Å². The molecule has 0 aliphatic carbocycles. The summed E-state index contributed by atoms with van der Waals surface area (Å²) in [6, 6.07) is 2.64. The molecule has 1 heterocycles. The third-order valence-corrected chi connectivity index (χ3v) is 3.82. The maximum absolute atomic E-state index is 14.1. The Labute approximate surface area is 120 Å². The molecule has 1 atom stereocenters. The molecule has 1 aliphatic rings. The predicted octanol–water partition coefficient (Wildman–Crippen LogP) is 3.17. The van der Waals surface area contributed by atoms with Crippen molar-refractivity contribution in [3.63, 3.8) is 0 Å². The Morgan fingerprint density at radius 1 is 1.29 bits per heavy atom. The van der Waals surface area contributed by atoms with E-state index in [2.05, 4.69) is 5.43 Å². The number of nitrogens with two attached hydrogens (primary N) is 1. The standard InChI is InChI=1S/C14H18F4N2O/c15-13-10(2-1-3-11(13)14(16,17)18)12(20-19)8-9-4-6-21-7-5-9/h1-3,9,12,20H,4-8,19H2. The fourth-order valence-electron chi connectivity index (χ4n) is 2.64. The van der Waals surface area contributed by atoms with Crippen LogP contribution in [0.15, 0.2) is 18.2 Å². The average molecular weight is 306 g/mol. The number of rotatable bonds is 4. The van der Waals surface area contributed by atoms with Gasteiger partial charge >= 0.3 is 6.18 Å². The number of hydrogen-bond donors (Lipinski definition) is 2. The van der Waals surface area contributed by atoms with Crippen LogP contribution in [0, 0.1) is 11.7 Å². The molecular weight excluding hydrogens is 288 g/mol. The number of hydrogen-bond acceptors (Lipinski definition) is 3. The van der Waals surface area contributed by atoms with Gasteiger partial charge in [-0.25, -0.2) is 4.39 Å². The highest BCUT2D eigenvalue weighted by Crippen LogP contribution is 2.35. The van der Waals surface area contributed by atoms with E-state index in [-0.39, 0.29) is 11.5 Å². The zero-order valence-electron chi connectivity index (χ0n) is 11.4. The lowest BCUT2D eigenvalue weighted by molar-refractivity contribution is -0.140. The lowest BCUT2D eigenvalue weighted by atomic mass is 9.89. The SMILES string of the molecule is NNC(CC1CCOCC1)c1cccc(C(F)(F)F)c1F. The highest BCUT2D eigenvalue weighted by molar-refractivity contribution is 5.30. The molecule has 1 aliphatic heterocycles. The van der Waals surface area contributed by atoms with Crippen molar-refractivity contribution in [3.8, 4) is 0 Å². The Balaban J connectivity index is 2.21. The zero-order valence-corrected chi connectivity index (χ0v) is 11.4. The molecule has 1 saturated heterocycles. The molecule has 0 radical (unpaired) electrons. The molecular formula is C14H18F4N2O. The molecule has 0 bridgehead atoms. The molecule has 2 rings (SSSR count). The summed E-state index contributed by atoms with van der Waals surface area (Å²) in [7, 11) is 0. The van der Waals surface area contributed by atoms with Gasteiger partial charge in [0.15, 0.2) is 0 Å². The van der Waals surface area contributed by atoms with Crippen LogP contribution in [0.1, 0.15) is 36.4 Å². The van der Waals surface area contributed by atoms with Crippen molar-refractivity contribution in [2.75, 3.05) is 13.2 Å². The van der Waals surface area contributed by atoms with Crippen molar-refractivity contribution < 1.29 is 22.3 Å². The maximum Gasteiger partial charge on any atom is 0.419 e. The first-order chi connectivity index (χ1) is 9.93. The maximum atomic E-state index is 14.1. The van der Waals surface area contributed by atoms with E-state index in [4.69, 9.17) is 10.6 Å². The van der Waals surface area contributed by atoms with Crippen LogP contribution in [-0.2, 0) is 10.9 Å². The summed E-state index contributed by atoms with van der Waals surface area (Å²) in [6.07, 6.45) is -2.62. The summed E-state index contributed by atoms with van der Waals surface area (Å²) in [4.78, 5) is 0. The van der Waals surface area contributed by atoms with E-state index in [1.807, 2.05) is 0 Å². The van der Waals surface area contributed by atoms with E-state index >= 15 is 0 Å². The molecule has 3 nitrogen and oxygen atoms in total. The van der Waals surface area contributed by atoms with Gasteiger partial charge < -0.3 is 4.74 Å². The minimum absolute atomic E-state index is 0.0428. The molecule has 118 valence electrons. The minimum atomic E-state index is -4.71. The summed E-state index contributed by atoms with van der Waals surface area (Å²) in [6.45, 7) is 1.24. The third kappa shape index (κ3) is 3.93. The lowest BCUT2D eigenvalue weighted by Gasteiger charge is -2.27. The number of halogens is 4. The number of ether oxygens (including phenoxy) is 1. The van der Waals surface area contributed by atoms with Gasteiger partial charge in [0.2, 0.25) is 0 Å². The molecule has 1 unspecified atom stereocenters. The Kier molecular flexibility index (Phi) is 5.18. The van der Waals surface area contributed by atoms with Gasteiger partial charge in [-0.3, -0.25) is 11.3 Å². The van der Waals surface area contributed by atoms with Crippen LogP contribution in [0.2, 0.25) is 0 Å². The van der Waals surface area contributed by atoms with E-state index < -0.39 is 23.6 Å². The normalized spacial score (nSPS) is 18.7. The number of hydrazine groups is 1. The summed E-state index contributed by atoms with van der Waals surface area (Å²) >= 11 is 0. The van der Waals surface area contributed by atoms with E-state index in [9.17, 15) is 17.6 Å². The van der Waals surface area contributed by atoms with Crippen LogP contribution in [0.4, 0.5) is 17.6 Å². The molecule has 0 saturated carbocycles. The molecule has 7 heteroatoms.